The number of nitriles is 1. The number of halogens is 1. The van der Waals surface area contributed by atoms with E-state index in [1.807, 2.05) is 24.5 Å². The standard InChI is InChI=1S/C13H9ClN4O2S/c1-21-13-17-11(14)9(5-15)12(18-13)16-8-2-3-10-7(4-8)6-19-20-10/h2-4H,6H2,1H3,(H,16,17,18). The summed E-state index contributed by atoms with van der Waals surface area (Å²) in [6, 6.07) is 7.48. The molecule has 0 saturated carbocycles. The van der Waals surface area contributed by atoms with Gasteiger partial charge in [0.25, 0.3) is 0 Å². The van der Waals surface area contributed by atoms with Crippen LogP contribution < -0.4 is 10.2 Å². The SMILES string of the molecule is CSc1nc(Cl)c(C#N)c(Nc2ccc3c(c2)COO3)n1. The lowest BCUT2D eigenvalue weighted by molar-refractivity contribution is -0.194. The monoisotopic (exact) mass is 320 g/mol. The molecular formula is C13H9ClN4O2S. The Kier molecular flexibility index (Phi) is 3.84. The van der Waals surface area contributed by atoms with Gasteiger partial charge < -0.3 is 10.2 Å². The van der Waals surface area contributed by atoms with Gasteiger partial charge in [-0.05, 0) is 24.5 Å². The smallest absolute Gasteiger partial charge is 0.190 e. The minimum absolute atomic E-state index is 0.132. The van der Waals surface area contributed by atoms with Gasteiger partial charge in [0.1, 0.15) is 18.2 Å². The fraction of sp³-hybridized carbons (Fsp3) is 0.154. The van der Waals surface area contributed by atoms with Gasteiger partial charge in [0, 0.05) is 11.3 Å². The molecule has 106 valence electrons. The number of aromatic nitrogens is 2. The van der Waals surface area contributed by atoms with E-state index < -0.39 is 0 Å². The van der Waals surface area contributed by atoms with Crippen LogP contribution in [0.5, 0.6) is 5.75 Å². The lowest BCUT2D eigenvalue weighted by atomic mass is 10.2. The summed E-state index contributed by atoms with van der Waals surface area (Å²) in [6.07, 6.45) is 1.84. The van der Waals surface area contributed by atoms with E-state index in [0.717, 1.165) is 11.3 Å². The number of benzene rings is 1. The summed E-state index contributed by atoms with van der Waals surface area (Å²) < 4.78 is 0. The van der Waals surface area contributed by atoms with Gasteiger partial charge in [-0.15, -0.1) is 0 Å². The first-order chi connectivity index (χ1) is 10.2. The Hall–Kier alpha value is -2.01. The van der Waals surface area contributed by atoms with E-state index in [0.29, 0.717) is 23.3 Å². The highest BCUT2D eigenvalue weighted by atomic mass is 35.5. The Labute approximate surface area is 130 Å². The van der Waals surface area contributed by atoms with Crippen molar-refractivity contribution in [1.29, 1.82) is 5.26 Å². The molecule has 0 radical (unpaired) electrons. The van der Waals surface area contributed by atoms with E-state index in [9.17, 15) is 5.26 Å². The Morgan fingerprint density at radius 2 is 2.29 bits per heavy atom. The number of nitrogens with zero attached hydrogens (tertiary/aromatic N) is 3. The first-order valence-electron chi connectivity index (χ1n) is 5.92. The molecule has 0 aliphatic carbocycles. The van der Waals surface area contributed by atoms with Gasteiger partial charge in [0.2, 0.25) is 0 Å². The Morgan fingerprint density at radius 1 is 1.43 bits per heavy atom. The first kappa shape index (κ1) is 13.9. The van der Waals surface area contributed by atoms with E-state index in [2.05, 4.69) is 15.3 Å². The van der Waals surface area contributed by atoms with Crippen molar-refractivity contribution in [2.24, 2.45) is 0 Å². The van der Waals surface area contributed by atoms with Crippen molar-refractivity contribution < 1.29 is 9.78 Å². The lowest BCUT2D eigenvalue weighted by Gasteiger charge is -2.09. The molecule has 1 aliphatic rings. The van der Waals surface area contributed by atoms with Crippen molar-refractivity contribution in [1.82, 2.24) is 9.97 Å². The second-order valence-corrected chi connectivity index (χ2v) is 5.26. The summed E-state index contributed by atoms with van der Waals surface area (Å²) in [6.45, 7) is 0.385. The molecule has 0 unspecified atom stereocenters. The fourth-order valence-electron chi connectivity index (χ4n) is 1.84. The highest BCUT2D eigenvalue weighted by Crippen LogP contribution is 2.31. The van der Waals surface area contributed by atoms with Crippen LogP contribution in [0.4, 0.5) is 11.5 Å². The molecule has 0 bridgehead atoms. The van der Waals surface area contributed by atoms with Gasteiger partial charge in [-0.1, -0.05) is 23.4 Å². The lowest BCUT2D eigenvalue weighted by Crippen LogP contribution is -2.01. The first-order valence-corrected chi connectivity index (χ1v) is 7.52. The van der Waals surface area contributed by atoms with Crippen LogP contribution in [0.25, 0.3) is 0 Å². The van der Waals surface area contributed by atoms with Gasteiger partial charge >= 0.3 is 0 Å². The molecule has 0 atom stereocenters. The second kappa shape index (κ2) is 5.77. The van der Waals surface area contributed by atoms with Crippen molar-refractivity contribution in [3.8, 4) is 11.8 Å². The minimum atomic E-state index is 0.132. The van der Waals surface area contributed by atoms with Crippen LogP contribution in [0.3, 0.4) is 0 Å². The summed E-state index contributed by atoms with van der Waals surface area (Å²) >= 11 is 7.36. The van der Waals surface area contributed by atoms with Gasteiger partial charge in [-0.3, -0.25) is 0 Å². The third-order valence-corrected chi connectivity index (χ3v) is 3.65. The van der Waals surface area contributed by atoms with Crippen LogP contribution in [-0.2, 0) is 11.5 Å². The highest BCUT2D eigenvalue weighted by Gasteiger charge is 2.16. The van der Waals surface area contributed by atoms with Crippen molar-refractivity contribution >= 4 is 34.9 Å². The average Bonchev–Trinajstić information content (AvgIpc) is 2.94. The Bertz CT molecular complexity index is 748. The summed E-state index contributed by atoms with van der Waals surface area (Å²) in [5.74, 6) is 1.06. The predicted octanol–water partition coefficient (Wildman–Crippen LogP) is 3.29. The normalized spacial score (nSPS) is 12.4. The van der Waals surface area contributed by atoms with E-state index in [1.54, 1.807) is 6.07 Å². The number of rotatable bonds is 3. The molecule has 2 heterocycles. The largest absolute Gasteiger partial charge is 0.339 e. The van der Waals surface area contributed by atoms with Crippen LogP contribution in [0.2, 0.25) is 5.15 Å². The number of thioether (sulfide) groups is 1. The molecule has 6 nitrogen and oxygen atoms in total. The van der Waals surface area contributed by atoms with Crippen molar-refractivity contribution in [2.75, 3.05) is 11.6 Å². The molecule has 1 aliphatic heterocycles. The van der Waals surface area contributed by atoms with Crippen molar-refractivity contribution in [2.45, 2.75) is 11.8 Å². The van der Waals surface area contributed by atoms with Crippen molar-refractivity contribution in [3.05, 3.63) is 34.5 Å². The average molecular weight is 321 g/mol. The molecule has 21 heavy (non-hydrogen) atoms. The van der Waals surface area contributed by atoms with Gasteiger partial charge in [0.15, 0.2) is 21.9 Å². The molecule has 1 aromatic carbocycles. The zero-order valence-corrected chi connectivity index (χ0v) is 12.5. The number of fused-ring (bicyclic) bond motifs is 1. The Balaban J connectivity index is 1.97. The van der Waals surface area contributed by atoms with Crippen LogP contribution in [0.15, 0.2) is 23.4 Å². The topological polar surface area (TPSA) is 80.1 Å². The number of hydrogen-bond acceptors (Lipinski definition) is 7. The van der Waals surface area contributed by atoms with Crippen LogP contribution in [0.1, 0.15) is 11.1 Å². The zero-order chi connectivity index (χ0) is 14.8. The highest BCUT2D eigenvalue weighted by molar-refractivity contribution is 7.98. The van der Waals surface area contributed by atoms with Gasteiger partial charge in [0.05, 0.1) is 0 Å². The molecule has 0 spiro atoms. The van der Waals surface area contributed by atoms with Crippen LogP contribution in [0, 0.1) is 11.3 Å². The molecule has 0 saturated heterocycles. The molecule has 1 N–H and O–H groups in total. The molecule has 1 aromatic heterocycles. The molecule has 0 fully saturated rings. The van der Waals surface area contributed by atoms with Crippen molar-refractivity contribution in [3.63, 3.8) is 0 Å². The maximum atomic E-state index is 9.19. The Morgan fingerprint density at radius 3 is 3.05 bits per heavy atom. The summed E-state index contributed by atoms with van der Waals surface area (Å²) in [4.78, 5) is 18.2. The summed E-state index contributed by atoms with van der Waals surface area (Å²) in [5.41, 5.74) is 1.90. The molecule has 8 heteroatoms. The number of hydrogen-bond donors (Lipinski definition) is 1. The van der Waals surface area contributed by atoms with E-state index in [4.69, 9.17) is 21.4 Å². The van der Waals surface area contributed by atoms with Crippen LogP contribution in [-0.4, -0.2) is 16.2 Å². The molecule has 3 rings (SSSR count). The third kappa shape index (κ3) is 2.74. The molecular weight excluding hydrogens is 312 g/mol. The quantitative estimate of drug-likeness (QED) is 0.402. The predicted molar refractivity (Wildman–Crippen MR) is 78.7 cm³/mol. The van der Waals surface area contributed by atoms with Gasteiger partial charge in [-0.2, -0.15) is 10.1 Å². The van der Waals surface area contributed by atoms with E-state index in [-0.39, 0.29) is 10.7 Å². The van der Waals surface area contributed by atoms with Gasteiger partial charge in [-0.25, -0.2) is 9.97 Å². The molecule has 2 aromatic rings. The summed E-state index contributed by atoms with van der Waals surface area (Å²) in [5, 5.41) is 12.9. The van der Waals surface area contributed by atoms with E-state index in [1.165, 1.54) is 11.8 Å². The second-order valence-electron chi connectivity index (χ2n) is 4.13. The maximum absolute atomic E-state index is 9.19. The zero-order valence-electron chi connectivity index (χ0n) is 10.9. The molecule has 0 amide bonds. The van der Waals surface area contributed by atoms with E-state index >= 15 is 0 Å². The third-order valence-electron chi connectivity index (χ3n) is 2.83. The van der Waals surface area contributed by atoms with Crippen LogP contribution >= 0.6 is 23.4 Å². The minimum Gasteiger partial charge on any atom is -0.339 e. The number of anilines is 2. The maximum Gasteiger partial charge on any atom is 0.190 e. The number of nitrogens with one attached hydrogen (secondary N) is 1. The summed E-state index contributed by atoms with van der Waals surface area (Å²) in [7, 11) is 0. The fourth-order valence-corrected chi connectivity index (χ4v) is 2.47.